The summed E-state index contributed by atoms with van der Waals surface area (Å²) in [5.41, 5.74) is 3.21. The van der Waals surface area contributed by atoms with E-state index in [2.05, 4.69) is 28.8 Å². The van der Waals surface area contributed by atoms with Crippen LogP contribution < -0.4 is 0 Å². The van der Waals surface area contributed by atoms with Crippen LogP contribution in [0.5, 0.6) is 0 Å². The smallest absolute Gasteiger partial charge is 0.226 e. The average Bonchev–Trinajstić information content (AvgIpc) is 2.98. The topological polar surface area (TPSA) is 61.9 Å². The van der Waals surface area contributed by atoms with E-state index in [0.29, 0.717) is 12.5 Å². The molecule has 0 spiro atoms. The molecule has 0 saturated carbocycles. The van der Waals surface area contributed by atoms with Crippen molar-refractivity contribution in [1.29, 1.82) is 0 Å². The Balaban J connectivity index is 1.66. The number of carbonyl (C=O) groups excluding carboxylic acids is 1. The van der Waals surface area contributed by atoms with Gasteiger partial charge in [0, 0.05) is 37.2 Å². The van der Waals surface area contributed by atoms with Crippen molar-refractivity contribution in [3.63, 3.8) is 0 Å². The zero-order valence-corrected chi connectivity index (χ0v) is 14.0. The maximum atomic E-state index is 12.7. The molecule has 23 heavy (non-hydrogen) atoms. The molecule has 0 bridgehead atoms. The number of imidazole rings is 1. The fraction of sp³-hybridized carbons (Fsp3) is 0.500. The molecule has 2 aromatic rings. The van der Waals surface area contributed by atoms with Crippen molar-refractivity contribution in [2.75, 3.05) is 7.05 Å². The molecular weight excluding hydrogens is 288 g/mol. The zero-order chi connectivity index (χ0) is 16.4. The van der Waals surface area contributed by atoms with E-state index in [0.717, 1.165) is 42.2 Å². The molecule has 122 valence electrons. The normalized spacial score (nSPS) is 17.1. The summed E-state index contributed by atoms with van der Waals surface area (Å²) in [7, 11) is 1.86. The van der Waals surface area contributed by atoms with Crippen LogP contribution in [0.4, 0.5) is 0 Å². The summed E-state index contributed by atoms with van der Waals surface area (Å²) in [6, 6.07) is 5.79. The second kappa shape index (κ2) is 6.52. The molecule has 1 aliphatic carbocycles. The molecule has 5 nitrogen and oxygen atoms in total. The molecule has 0 aromatic carbocycles. The summed E-state index contributed by atoms with van der Waals surface area (Å²) in [5.74, 6) is 1.66. The molecule has 2 heterocycles. The molecule has 1 amide bonds. The van der Waals surface area contributed by atoms with Crippen LogP contribution in [0.15, 0.2) is 24.4 Å². The highest BCUT2D eigenvalue weighted by molar-refractivity contribution is 5.79. The fourth-order valence-electron chi connectivity index (χ4n) is 3.11. The first-order valence-electron chi connectivity index (χ1n) is 8.27. The van der Waals surface area contributed by atoms with E-state index in [1.54, 1.807) is 11.1 Å². The molecule has 1 unspecified atom stereocenters. The van der Waals surface area contributed by atoms with Gasteiger partial charge in [0.05, 0.1) is 17.9 Å². The van der Waals surface area contributed by atoms with Gasteiger partial charge in [-0.3, -0.25) is 9.78 Å². The highest BCUT2D eigenvalue weighted by Crippen LogP contribution is 2.27. The fourth-order valence-corrected chi connectivity index (χ4v) is 3.11. The summed E-state index contributed by atoms with van der Waals surface area (Å²) in [6.07, 6.45) is 4.28. The third-order valence-electron chi connectivity index (χ3n) is 4.46. The Hall–Kier alpha value is -2.17. The monoisotopic (exact) mass is 312 g/mol. The van der Waals surface area contributed by atoms with Crippen molar-refractivity contribution in [3.05, 3.63) is 47.3 Å². The van der Waals surface area contributed by atoms with E-state index < -0.39 is 0 Å². The standard InChI is InChI=1S/C18H24N4O/c1-12(2)17-20-15-8-7-13(10-16(15)21-17)18(23)22(3)11-14-6-4-5-9-19-14/h4-6,9,12-13H,7-8,10-11H2,1-3H3,(H,20,21). The summed E-state index contributed by atoms with van der Waals surface area (Å²) in [5, 5.41) is 0. The predicted molar refractivity (Wildman–Crippen MR) is 88.9 cm³/mol. The summed E-state index contributed by atoms with van der Waals surface area (Å²) < 4.78 is 0. The molecule has 0 radical (unpaired) electrons. The number of fused-ring (bicyclic) bond motifs is 1. The first-order valence-corrected chi connectivity index (χ1v) is 8.27. The van der Waals surface area contributed by atoms with Crippen molar-refractivity contribution >= 4 is 5.91 Å². The molecule has 0 aliphatic heterocycles. The van der Waals surface area contributed by atoms with Crippen molar-refractivity contribution < 1.29 is 4.79 Å². The SMILES string of the molecule is CC(C)c1nc2c([nH]1)CC(C(=O)N(C)Cc1ccccn1)CC2. The lowest BCUT2D eigenvalue weighted by atomic mass is 9.89. The van der Waals surface area contributed by atoms with E-state index in [-0.39, 0.29) is 11.8 Å². The third-order valence-corrected chi connectivity index (χ3v) is 4.46. The van der Waals surface area contributed by atoms with Crippen molar-refractivity contribution in [2.24, 2.45) is 5.92 Å². The first kappa shape index (κ1) is 15.7. The Morgan fingerprint density at radius 1 is 1.43 bits per heavy atom. The quantitative estimate of drug-likeness (QED) is 0.944. The van der Waals surface area contributed by atoms with Gasteiger partial charge in [-0.1, -0.05) is 19.9 Å². The first-order chi connectivity index (χ1) is 11.0. The van der Waals surface area contributed by atoms with Crippen LogP contribution in [0, 0.1) is 5.92 Å². The number of pyridine rings is 1. The summed E-state index contributed by atoms with van der Waals surface area (Å²) >= 11 is 0. The number of aromatic amines is 1. The third kappa shape index (κ3) is 3.44. The number of nitrogens with one attached hydrogen (secondary N) is 1. The van der Waals surface area contributed by atoms with E-state index in [1.807, 2.05) is 25.2 Å². The largest absolute Gasteiger partial charge is 0.345 e. The minimum absolute atomic E-state index is 0.0386. The van der Waals surface area contributed by atoms with Gasteiger partial charge < -0.3 is 9.88 Å². The Bertz CT molecular complexity index is 678. The second-order valence-electron chi connectivity index (χ2n) is 6.66. The lowest BCUT2D eigenvalue weighted by molar-refractivity contribution is -0.135. The minimum Gasteiger partial charge on any atom is -0.345 e. The molecular formula is C18H24N4O. The minimum atomic E-state index is 0.0386. The van der Waals surface area contributed by atoms with Gasteiger partial charge in [-0.25, -0.2) is 4.98 Å². The maximum absolute atomic E-state index is 12.7. The van der Waals surface area contributed by atoms with Crippen molar-refractivity contribution in [1.82, 2.24) is 19.9 Å². The molecule has 0 fully saturated rings. The number of rotatable bonds is 4. The Morgan fingerprint density at radius 2 is 2.26 bits per heavy atom. The molecule has 0 saturated heterocycles. The number of hydrogen-bond donors (Lipinski definition) is 1. The maximum Gasteiger partial charge on any atom is 0.226 e. The average molecular weight is 312 g/mol. The van der Waals surface area contributed by atoms with Crippen LogP contribution in [-0.2, 0) is 24.2 Å². The van der Waals surface area contributed by atoms with Gasteiger partial charge in [-0.2, -0.15) is 0 Å². The number of carbonyl (C=O) groups is 1. The Labute approximate surface area is 137 Å². The highest BCUT2D eigenvalue weighted by atomic mass is 16.2. The number of aryl methyl sites for hydroxylation is 1. The second-order valence-corrected chi connectivity index (χ2v) is 6.66. The lowest BCUT2D eigenvalue weighted by Gasteiger charge is -2.26. The number of nitrogens with zero attached hydrogens (tertiary/aromatic N) is 3. The number of aromatic nitrogens is 3. The molecule has 5 heteroatoms. The van der Waals surface area contributed by atoms with Gasteiger partial charge in [0.1, 0.15) is 5.82 Å². The molecule has 1 N–H and O–H groups in total. The molecule has 1 atom stereocenters. The Kier molecular flexibility index (Phi) is 4.46. The van der Waals surface area contributed by atoms with E-state index in [9.17, 15) is 4.79 Å². The molecule has 2 aromatic heterocycles. The van der Waals surface area contributed by atoms with Gasteiger partial charge >= 0.3 is 0 Å². The summed E-state index contributed by atoms with van der Waals surface area (Å²) in [6.45, 7) is 4.82. The van der Waals surface area contributed by atoms with Crippen molar-refractivity contribution in [2.45, 2.75) is 45.6 Å². The van der Waals surface area contributed by atoms with Gasteiger partial charge in [0.15, 0.2) is 0 Å². The van der Waals surface area contributed by atoms with Crippen LogP contribution >= 0.6 is 0 Å². The van der Waals surface area contributed by atoms with Crippen LogP contribution in [0.3, 0.4) is 0 Å². The predicted octanol–water partition coefficient (Wildman–Crippen LogP) is 2.69. The molecule has 3 rings (SSSR count). The molecule has 1 aliphatic rings. The van der Waals surface area contributed by atoms with Crippen LogP contribution in [0.2, 0.25) is 0 Å². The highest BCUT2D eigenvalue weighted by Gasteiger charge is 2.29. The van der Waals surface area contributed by atoms with Gasteiger partial charge in [-0.05, 0) is 25.0 Å². The zero-order valence-electron chi connectivity index (χ0n) is 14.0. The van der Waals surface area contributed by atoms with Crippen molar-refractivity contribution in [3.8, 4) is 0 Å². The van der Waals surface area contributed by atoms with Gasteiger partial charge in [-0.15, -0.1) is 0 Å². The Morgan fingerprint density at radius 3 is 2.96 bits per heavy atom. The van der Waals surface area contributed by atoms with E-state index >= 15 is 0 Å². The number of H-pyrrole nitrogens is 1. The van der Waals surface area contributed by atoms with Gasteiger partial charge in [0.25, 0.3) is 0 Å². The van der Waals surface area contributed by atoms with Crippen LogP contribution in [0.25, 0.3) is 0 Å². The number of hydrogen-bond acceptors (Lipinski definition) is 3. The van der Waals surface area contributed by atoms with E-state index in [4.69, 9.17) is 0 Å². The van der Waals surface area contributed by atoms with Gasteiger partial charge in [0.2, 0.25) is 5.91 Å². The van der Waals surface area contributed by atoms with Crippen LogP contribution in [0.1, 0.15) is 49.1 Å². The lowest BCUT2D eigenvalue weighted by Crippen LogP contribution is -2.35. The van der Waals surface area contributed by atoms with Crippen LogP contribution in [-0.4, -0.2) is 32.8 Å². The van der Waals surface area contributed by atoms with E-state index in [1.165, 1.54) is 0 Å². The number of amides is 1. The summed E-state index contributed by atoms with van der Waals surface area (Å²) in [4.78, 5) is 26.9.